The fraction of sp³-hybridized carbons (Fsp3) is 0.559. The number of carboxylic acid groups (broad SMARTS) is 1. The minimum Gasteiger partial charge on any atom is -0.481 e. The van der Waals surface area contributed by atoms with E-state index in [1.165, 1.54) is 11.1 Å². The Bertz CT molecular complexity index is 1320. The fourth-order valence-corrected chi connectivity index (χ4v) is 9.62. The van der Waals surface area contributed by atoms with Gasteiger partial charge in [0, 0.05) is 19.6 Å². The SMILES string of the molecule is O=C(O)CC1CC2(CCN(C(=O)OC3C4CC5CC3CC(C(=O)NCc3ccccc3)(C5)C4)CC2)c2ccccc21. The zero-order valence-corrected chi connectivity index (χ0v) is 23.6. The van der Waals surface area contributed by atoms with Gasteiger partial charge in [0.1, 0.15) is 6.10 Å². The van der Waals surface area contributed by atoms with Crippen LogP contribution in [-0.2, 0) is 26.3 Å². The molecule has 3 unspecified atom stereocenters. The number of carboxylic acids is 1. The number of rotatable bonds is 6. The molecule has 2 amide bonds. The van der Waals surface area contributed by atoms with Gasteiger partial charge < -0.3 is 20.1 Å². The van der Waals surface area contributed by atoms with Crippen LogP contribution in [0.1, 0.15) is 80.4 Å². The lowest BCUT2D eigenvalue weighted by molar-refractivity contribution is -0.165. The van der Waals surface area contributed by atoms with Crippen LogP contribution in [0.3, 0.4) is 0 Å². The average Bonchev–Trinajstić information content (AvgIpc) is 3.26. The summed E-state index contributed by atoms with van der Waals surface area (Å²) < 4.78 is 6.29. The molecular formula is C34H40N2O5. The number of carbonyl (C=O) groups excluding carboxylic acids is 2. The standard InChI is InChI=1S/C34H40N2O5/c37-29(38)16-24-18-33(28-9-5-4-8-27(24)28)10-12-36(13-11-33)32(40)41-30-25-14-23-15-26(30)20-34(17-23,19-25)31(39)35-21-22-6-2-1-3-7-22/h1-9,23-26,30H,10-21H2,(H,35,39)(H,37,38). The van der Waals surface area contributed by atoms with Gasteiger partial charge in [0.05, 0.1) is 11.8 Å². The summed E-state index contributed by atoms with van der Waals surface area (Å²) in [6.07, 6.45) is 7.02. The molecule has 7 nitrogen and oxygen atoms in total. The van der Waals surface area contributed by atoms with E-state index in [-0.39, 0.29) is 53.1 Å². The maximum Gasteiger partial charge on any atom is 0.410 e. The maximum atomic E-state index is 13.5. The average molecular weight is 557 g/mol. The summed E-state index contributed by atoms with van der Waals surface area (Å²) in [5.41, 5.74) is 3.17. The lowest BCUT2D eigenvalue weighted by Gasteiger charge is -2.58. The largest absolute Gasteiger partial charge is 0.481 e. The molecule has 3 atom stereocenters. The van der Waals surface area contributed by atoms with Crippen LogP contribution < -0.4 is 5.32 Å². The van der Waals surface area contributed by atoms with Crippen molar-refractivity contribution in [2.24, 2.45) is 23.2 Å². The van der Waals surface area contributed by atoms with Gasteiger partial charge in [-0.1, -0.05) is 54.6 Å². The molecule has 1 aliphatic heterocycles. The molecule has 1 saturated heterocycles. The summed E-state index contributed by atoms with van der Waals surface area (Å²) in [6, 6.07) is 18.3. The lowest BCUT2D eigenvalue weighted by Crippen LogP contribution is -2.59. The second-order valence-corrected chi connectivity index (χ2v) is 13.6. The molecule has 5 aliphatic carbocycles. The molecule has 2 aromatic rings. The van der Waals surface area contributed by atoms with Gasteiger partial charge in [-0.2, -0.15) is 0 Å². The van der Waals surface area contributed by atoms with Crippen LogP contribution in [0.25, 0.3) is 0 Å². The van der Waals surface area contributed by atoms with Crippen LogP contribution >= 0.6 is 0 Å². The van der Waals surface area contributed by atoms with Crippen LogP contribution in [0.4, 0.5) is 4.79 Å². The summed E-state index contributed by atoms with van der Waals surface area (Å²) in [7, 11) is 0. The van der Waals surface area contributed by atoms with Crippen molar-refractivity contribution in [3.63, 3.8) is 0 Å². The number of fused-ring (bicyclic) bond motifs is 2. The molecule has 1 heterocycles. The van der Waals surface area contributed by atoms with Crippen LogP contribution in [-0.4, -0.2) is 47.2 Å². The van der Waals surface area contributed by atoms with Crippen molar-refractivity contribution in [2.75, 3.05) is 13.1 Å². The van der Waals surface area contributed by atoms with Gasteiger partial charge in [-0.3, -0.25) is 9.59 Å². The molecule has 4 saturated carbocycles. The van der Waals surface area contributed by atoms with Gasteiger partial charge in [0.2, 0.25) is 5.91 Å². The van der Waals surface area contributed by atoms with Gasteiger partial charge in [0.25, 0.3) is 0 Å². The number of hydrogen-bond donors (Lipinski definition) is 2. The van der Waals surface area contributed by atoms with Crippen LogP contribution in [0.2, 0.25) is 0 Å². The number of hydrogen-bond acceptors (Lipinski definition) is 4. The topological polar surface area (TPSA) is 95.9 Å². The number of piperidine rings is 1. The number of amides is 2. The zero-order chi connectivity index (χ0) is 28.2. The Balaban J connectivity index is 0.977. The summed E-state index contributed by atoms with van der Waals surface area (Å²) >= 11 is 0. The second kappa shape index (κ2) is 10.2. The number of ether oxygens (including phenoxy) is 1. The van der Waals surface area contributed by atoms with Crippen molar-refractivity contribution < 1.29 is 24.2 Å². The normalized spacial score (nSPS) is 32.5. The number of aliphatic carboxylic acids is 1. The monoisotopic (exact) mass is 556 g/mol. The van der Waals surface area contributed by atoms with Crippen molar-refractivity contribution >= 4 is 18.0 Å². The number of likely N-dealkylation sites (tertiary alicyclic amines) is 1. The molecule has 41 heavy (non-hydrogen) atoms. The third-order valence-corrected chi connectivity index (χ3v) is 11.2. The van der Waals surface area contributed by atoms with E-state index >= 15 is 0 Å². The highest BCUT2D eigenvalue weighted by Crippen LogP contribution is 2.61. The summed E-state index contributed by atoms with van der Waals surface area (Å²) in [6.45, 7) is 1.81. The molecule has 8 rings (SSSR count). The van der Waals surface area contributed by atoms with Crippen molar-refractivity contribution in [3.05, 3.63) is 71.3 Å². The third kappa shape index (κ3) is 4.71. The summed E-state index contributed by atoms with van der Waals surface area (Å²) in [5, 5.41) is 12.7. The Morgan fingerprint density at radius 3 is 2.29 bits per heavy atom. The molecule has 5 fully saturated rings. The van der Waals surface area contributed by atoms with E-state index in [0.717, 1.165) is 56.9 Å². The third-order valence-electron chi connectivity index (χ3n) is 11.2. The van der Waals surface area contributed by atoms with E-state index in [0.29, 0.717) is 25.6 Å². The van der Waals surface area contributed by atoms with E-state index < -0.39 is 5.97 Å². The smallest absolute Gasteiger partial charge is 0.410 e. The number of benzene rings is 2. The first-order valence-corrected chi connectivity index (χ1v) is 15.4. The Morgan fingerprint density at radius 2 is 1.59 bits per heavy atom. The quantitative estimate of drug-likeness (QED) is 0.481. The molecule has 4 bridgehead atoms. The van der Waals surface area contributed by atoms with Gasteiger partial charge >= 0.3 is 12.1 Å². The molecular weight excluding hydrogens is 516 g/mol. The highest BCUT2D eigenvalue weighted by molar-refractivity contribution is 5.83. The van der Waals surface area contributed by atoms with Crippen molar-refractivity contribution in [1.82, 2.24) is 10.2 Å². The first-order chi connectivity index (χ1) is 19.8. The molecule has 0 radical (unpaired) electrons. The van der Waals surface area contributed by atoms with Gasteiger partial charge in [-0.15, -0.1) is 0 Å². The molecule has 1 spiro atoms. The first-order valence-electron chi connectivity index (χ1n) is 15.4. The van der Waals surface area contributed by atoms with Crippen LogP contribution in [0, 0.1) is 23.2 Å². The minimum atomic E-state index is -0.756. The molecule has 2 aromatic carbocycles. The Hall–Kier alpha value is -3.35. The Kier molecular flexibility index (Phi) is 6.59. The van der Waals surface area contributed by atoms with E-state index in [1.807, 2.05) is 47.4 Å². The predicted molar refractivity (Wildman–Crippen MR) is 153 cm³/mol. The number of nitrogens with zero attached hydrogens (tertiary/aromatic N) is 1. The van der Waals surface area contributed by atoms with Crippen LogP contribution in [0.15, 0.2) is 54.6 Å². The highest BCUT2D eigenvalue weighted by atomic mass is 16.6. The van der Waals surface area contributed by atoms with E-state index in [4.69, 9.17) is 4.74 Å². The Morgan fingerprint density at radius 1 is 0.902 bits per heavy atom. The molecule has 2 N–H and O–H groups in total. The summed E-state index contributed by atoms with van der Waals surface area (Å²) in [5.74, 6) is 0.497. The van der Waals surface area contributed by atoms with Gasteiger partial charge in [-0.05, 0) is 97.1 Å². The van der Waals surface area contributed by atoms with E-state index in [1.54, 1.807) is 0 Å². The molecule has 6 aliphatic rings. The number of carbonyl (C=O) groups is 3. The maximum absolute atomic E-state index is 13.5. The lowest BCUT2D eigenvalue weighted by atomic mass is 9.48. The Labute approximate surface area is 241 Å². The van der Waals surface area contributed by atoms with Crippen molar-refractivity contribution in [2.45, 2.75) is 81.8 Å². The van der Waals surface area contributed by atoms with Gasteiger partial charge in [0.15, 0.2) is 0 Å². The minimum absolute atomic E-state index is 0.0347. The predicted octanol–water partition coefficient (Wildman–Crippen LogP) is 5.63. The van der Waals surface area contributed by atoms with E-state index in [9.17, 15) is 19.5 Å². The summed E-state index contributed by atoms with van der Waals surface area (Å²) in [4.78, 5) is 40.3. The molecule has 0 aromatic heterocycles. The van der Waals surface area contributed by atoms with Crippen LogP contribution in [0.5, 0.6) is 0 Å². The highest BCUT2D eigenvalue weighted by Gasteiger charge is 2.59. The van der Waals surface area contributed by atoms with Crippen molar-refractivity contribution in [3.8, 4) is 0 Å². The van der Waals surface area contributed by atoms with E-state index in [2.05, 4.69) is 17.4 Å². The molecule has 216 valence electrons. The number of nitrogens with one attached hydrogen (secondary N) is 1. The van der Waals surface area contributed by atoms with Crippen molar-refractivity contribution in [1.29, 1.82) is 0 Å². The zero-order valence-electron chi connectivity index (χ0n) is 23.6. The first kappa shape index (κ1) is 26.5. The van der Waals surface area contributed by atoms with Gasteiger partial charge in [-0.25, -0.2) is 4.79 Å². The fourth-order valence-electron chi connectivity index (χ4n) is 9.62. The second-order valence-electron chi connectivity index (χ2n) is 13.6. The molecule has 7 heteroatoms.